The lowest BCUT2D eigenvalue weighted by atomic mass is 10.1. The van der Waals surface area contributed by atoms with Gasteiger partial charge in [0.25, 0.3) is 0 Å². The molecular formula is C30H30F3N5O. The van der Waals surface area contributed by atoms with E-state index in [-0.39, 0.29) is 24.3 Å². The minimum Gasteiger partial charge on any atom is -0.367 e. The fourth-order valence-corrected chi connectivity index (χ4v) is 5.49. The van der Waals surface area contributed by atoms with Crippen LogP contribution in [0.2, 0.25) is 0 Å². The van der Waals surface area contributed by atoms with Crippen LogP contribution in [0.4, 0.5) is 18.9 Å². The first-order valence-electron chi connectivity index (χ1n) is 13.1. The fourth-order valence-electron chi connectivity index (χ4n) is 5.49. The van der Waals surface area contributed by atoms with E-state index in [0.29, 0.717) is 56.8 Å². The van der Waals surface area contributed by atoms with Crippen LogP contribution < -0.4 is 10.2 Å². The van der Waals surface area contributed by atoms with Crippen LogP contribution in [0.3, 0.4) is 0 Å². The number of anilines is 1. The number of carbonyl (C=O) groups is 1. The summed E-state index contributed by atoms with van der Waals surface area (Å²) in [7, 11) is 0. The number of amides is 1. The first-order valence-corrected chi connectivity index (χ1v) is 13.1. The highest BCUT2D eigenvalue weighted by molar-refractivity contribution is 5.82. The molecule has 6 nitrogen and oxygen atoms in total. The summed E-state index contributed by atoms with van der Waals surface area (Å²) in [5.41, 5.74) is 2.62. The summed E-state index contributed by atoms with van der Waals surface area (Å²) < 4.78 is 41.3. The van der Waals surface area contributed by atoms with E-state index in [4.69, 9.17) is 0 Å². The predicted molar refractivity (Wildman–Crippen MR) is 142 cm³/mol. The lowest BCUT2D eigenvalue weighted by molar-refractivity contribution is -0.136. The highest BCUT2D eigenvalue weighted by Crippen LogP contribution is 2.26. The molecule has 2 fully saturated rings. The van der Waals surface area contributed by atoms with Crippen molar-refractivity contribution in [2.24, 2.45) is 0 Å². The summed E-state index contributed by atoms with van der Waals surface area (Å²) in [5.74, 6) is -1.55. The minimum atomic E-state index is -0.625. The number of likely N-dealkylation sites (tertiary alicyclic amines) is 1. The molecule has 202 valence electrons. The molecule has 0 bridgehead atoms. The minimum absolute atomic E-state index is 0.0110. The maximum Gasteiger partial charge on any atom is 0.240 e. The molecule has 39 heavy (non-hydrogen) atoms. The Balaban J connectivity index is 1.27. The number of halogens is 3. The third kappa shape index (κ3) is 6.24. The largest absolute Gasteiger partial charge is 0.367 e. The van der Waals surface area contributed by atoms with Crippen molar-refractivity contribution in [3.63, 3.8) is 0 Å². The maximum absolute atomic E-state index is 14.2. The Morgan fingerprint density at radius 2 is 1.72 bits per heavy atom. The van der Waals surface area contributed by atoms with Crippen LogP contribution >= 0.6 is 0 Å². The number of benzene rings is 3. The van der Waals surface area contributed by atoms with Gasteiger partial charge in [-0.1, -0.05) is 30.3 Å². The van der Waals surface area contributed by atoms with E-state index in [1.807, 2.05) is 34.1 Å². The standard InChI is InChI=1S/C30H30F3N5O/c31-24-6-3-4-21(14-24)19-38-20-26(35-18-23-8-9-25(32)15-27(23)33)16-29(38)30(39)37-12-10-36(11-13-37)28-7-2-1-5-22(28)17-34/h1-9,14-15,26,29,35H,10-13,16,18-20H2. The van der Waals surface area contributed by atoms with Crippen molar-refractivity contribution in [1.29, 1.82) is 5.26 Å². The Labute approximate surface area is 226 Å². The summed E-state index contributed by atoms with van der Waals surface area (Å²) in [4.78, 5) is 19.8. The van der Waals surface area contributed by atoms with Crippen LogP contribution in [0.1, 0.15) is 23.1 Å². The van der Waals surface area contributed by atoms with Gasteiger partial charge in [-0.2, -0.15) is 5.26 Å². The van der Waals surface area contributed by atoms with Crippen molar-refractivity contribution in [2.45, 2.75) is 31.6 Å². The molecule has 1 amide bonds. The smallest absolute Gasteiger partial charge is 0.240 e. The molecule has 2 aliphatic heterocycles. The van der Waals surface area contributed by atoms with E-state index in [2.05, 4.69) is 16.3 Å². The quantitative estimate of drug-likeness (QED) is 0.497. The number of piperazine rings is 1. The van der Waals surface area contributed by atoms with Gasteiger partial charge >= 0.3 is 0 Å². The van der Waals surface area contributed by atoms with Gasteiger partial charge < -0.3 is 15.1 Å². The molecule has 0 aliphatic carbocycles. The lowest BCUT2D eigenvalue weighted by Gasteiger charge is -2.38. The van der Waals surface area contributed by atoms with Crippen molar-refractivity contribution in [3.8, 4) is 6.07 Å². The van der Waals surface area contributed by atoms with Gasteiger partial charge in [-0.3, -0.25) is 9.69 Å². The topological polar surface area (TPSA) is 62.6 Å². The summed E-state index contributed by atoms with van der Waals surface area (Å²) >= 11 is 0. The molecule has 2 unspecified atom stereocenters. The van der Waals surface area contributed by atoms with E-state index in [9.17, 15) is 23.2 Å². The molecule has 2 aliphatic rings. The van der Waals surface area contributed by atoms with Crippen LogP contribution in [0, 0.1) is 28.8 Å². The maximum atomic E-state index is 14.2. The predicted octanol–water partition coefficient (Wildman–Crippen LogP) is 4.06. The first-order chi connectivity index (χ1) is 18.9. The van der Waals surface area contributed by atoms with E-state index in [1.165, 1.54) is 24.3 Å². The van der Waals surface area contributed by atoms with Gasteiger partial charge in [0.05, 0.1) is 17.3 Å². The Morgan fingerprint density at radius 3 is 2.46 bits per heavy atom. The Bertz CT molecular complexity index is 1370. The zero-order chi connectivity index (χ0) is 27.4. The molecule has 0 aromatic heterocycles. The van der Waals surface area contributed by atoms with Crippen molar-refractivity contribution >= 4 is 11.6 Å². The summed E-state index contributed by atoms with van der Waals surface area (Å²) in [5, 5.41) is 12.8. The Morgan fingerprint density at radius 1 is 0.949 bits per heavy atom. The van der Waals surface area contributed by atoms with E-state index in [1.54, 1.807) is 12.1 Å². The van der Waals surface area contributed by atoms with Gasteiger partial charge in [0, 0.05) is 63.5 Å². The third-order valence-electron chi connectivity index (χ3n) is 7.52. The second-order valence-corrected chi connectivity index (χ2v) is 10.1. The van der Waals surface area contributed by atoms with Gasteiger partial charge in [0.2, 0.25) is 5.91 Å². The van der Waals surface area contributed by atoms with Crippen LogP contribution in [0.5, 0.6) is 0 Å². The summed E-state index contributed by atoms with van der Waals surface area (Å²) in [6.07, 6.45) is 0.522. The Kier molecular flexibility index (Phi) is 8.15. The molecule has 9 heteroatoms. The van der Waals surface area contributed by atoms with Crippen LogP contribution in [0.25, 0.3) is 0 Å². The van der Waals surface area contributed by atoms with Crippen LogP contribution in [0.15, 0.2) is 66.7 Å². The number of rotatable bonds is 7. The average molecular weight is 534 g/mol. The van der Waals surface area contributed by atoms with Gasteiger partial charge in [-0.15, -0.1) is 0 Å². The van der Waals surface area contributed by atoms with Crippen molar-refractivity contribution in [3.05, 3.63) is 101 Å². The molecule has 3 aromatic rings. The SMILES string of the molecule is N#Cc1ccccc1N1CCN(C(=O)C2CC(NCc3ccc(F)cc3F)CN2Cc2cccc(F)c2)CC1. The molecule has 1 N–H and O–H groups in total. The molecule has 0 saturated carbocycles. The van der Waals surface area contributed by atoms with Gasteiger partial charge in [-0.05, 0) is 42.3 Å². The number of nitrogens with one attached hydrogen (secondary N) is 1. The average Bonchev–Trinajstić information content (AvgIpc) is 3.34. The van der Waals surface area contributed by atoms with Crippen LogP contribution in [-0.2, 0) is 17.9 Å². The molecule has 3 aromatic carbocycles. The zero-order valence-electron chi connectivity index (χ0n) is 21.5. The number of carbonyl (C=O) groups excluding carboxylic acids is 1. The second kappa shape index (κ2) is 11.9. The summed E-state index contributed by atoms with van der Waals surface area (Å²) in [6.45, 7) is 3.45. The molecule has 2 atom stereocenters. The molecular weight excluding hydrogens is 503 g/mol. The van der Waals surface area contributed by atoms with E-state index < -0.39 is 17.7 Å². The lowest BCUT2D eigenvalue weighted by Crippen LogP contribution is -2.53. The number of nitrogens with zero attached hydrogens (tertiary/aromatic N) is 4. The second-order valence-electron chi connectivity index (χ2n) is 10.1. The van der Waals surface area contributed by atoms with Crippen molar-refractivity contribution in [1.82, 2.24) is 15.1 Å². The highest BCUT2D eigenvalue weighted by atomic mass is 19.1. The van der Waals surface area contributed by atoms with E-state index in [0.717, 1.165) is 17.3 Å². The number of hydrogen-bond donors (Lipinski definition) is 1. The molecule has 5 rings (SSSR count). The number of para-hydroxylation sites is 1. The van der Waals surface area contributed by atoms with Crippen LogP contribution in [-0.4, -0.2) is 60.5 Å². The van der Waals surface area contributed by atoms with Gasteiger partial charge in [-0.25, -0.2) is 13.2 Å². The third-order valence-corrected chi connectivity index (χ3v) is 7.52. The van der Waals surface area contributed by atoms with E-state index >= 15 is 0 Å². The number of hydrogen-bond acceptors (Lipinski definition) is 5. The molecule has 2 saturated heterocycles. The monoisotopic (exact) mass is 533 g/mol. The number of nitriles is 1. The fraction of sp³-hybridized carbons (Fsp3) is 0.333. The molecule has 2 heterocycles. The van der Waals surface area contributed by atoms with Gasteiger partial charge in [0.1, 0.15) is 23.5 Å². The first kappa shape index (κ1) is 26.7. The van der Waals surface area contributed by atoms with Gasteiger partial charge in [0.15, 0.2) is 0 Å². The van der Waals surface area contributed by atoms with Crippen molar-refractivity contribution in [2.75, 3.05) is 37.6 Å². The van der Waals surface area contributed by atoms with Crippen molar-refractivity contribution < 1.29 is 18.0 Å². The Hall–Kier alpha value is -3.87. The highest BCUT2D eigenvalue weighted by Gasteiger charge is 2.39. The molecule has 0 radical (unpaired) electrons. The summed E-state index contributed by atoms with van der Waals surface area (Å²) in [6, 6.07) is 19.1. The molecule has 0 spiro atoms. The zero-order valence-corrected chi connectivity index (χ0v) is 21.5. The normalized spacial score (nSPS) is 19.7.